The number of hydrogen-bond donors (Lipinski definition) is 0. The maximum Gasteiger partial charge on any atom is 0.350 e. The molecule has 8 saturated carbocycles. The standard InChI is InChI=1S/2C19H24O8.C17H24O6.2C16H22O6.C15H20O6/c1-10(2)17(22)25-7-6-24-13(20)4-5-14(21)26-16-15-11-8-19(16,3)9-12(11)18(23)27-15;1-10(2)17(22)25-7-6-24-14(20)4-5-15(21)26-16-11-8-12-13(9-11)19(16,3)27-18(12)23;1-10(2)12(18)21-15(3,4)14(20)23-16(5)8-7-11-9-17(16,6)22-13(11)19;1-9(2)12(17)21-15(3,4)14(19)20-11-8-10-6-7-16(11,5)22-13(10)18;1-9(2)12(17)21-15(3,4)14(19)20-11-7-6-10-8-16(11,5)22-13(10)18;1-8(2)12(16)21-15(3,4)14(18)20-10-6-5-9-7-11(10)19-13(9)17/h11-12,15-16H,1,4-9H2,2-3H3;11-13,16H,1,4-9H2,2-3H3;11H,1,7-9H2,2-6H3;2*10-11H,1,6-8H2,2-5H3;9-11H,1,5-7H2,2-4H3. The van der Waals surface area contributed by atoms with Crippen LogP contribution in [0.15, 0.2) is 72.9 Å². The quantitative estimate of drug-likeness (QED) is 0.0261. The normalized spacial score (nSPS) is 31.3. The number of esters is 20. The van der Waals surface area contributed by atoms with Crippen LogP contribution in [0.25, 0.3) is 0 Å². The first-order valence-corrected chi connectivity index (χ1v) is 47.7. The van der Waals surface area contributed by atoms with Crippen LogP contribution in [0.5, 0.6) is 0 Å². The predicted molar refractivity (Wildman–Crippen MR) is 487 cm³/mol. The summed E-state index contributed by atoms with van der Waals surface area (Å²) in [7, 11) is 0. The third kappa shape index (κ3) is 26.6. The minimum Gasteiger partial charge on any atom is -0.462 e. The average Bonchev–Trinajstić information content (AvgIpc) is 1.54. The van der Waals surface area contributed by atoms with Gasteiger partial charge in [-0.1, -0.05) is 46.4 Å². The Morgan fingerprint density at radius 3 is 1.27 bits per heavy atom. The summed E-state index contributed by atoms with van der Waals surface area (Å²) in [6.07, 6.45) is 6.46. The van der Waals surface area contributed by atoms with Crippen LogP contribution in [0, 0.1) is 58.7 Å². The van der Waals surface area contributed by atoms with E-state index >= 15 is 0 Å². The Bertz CT molecular complexity index is 4960. The van der Waals surface area contributed by atoms with Gasteiger partial charge in [0.2, 0.25) is 22.4 Å². The van der Waals surface area contributed by atoms with Gasteiger partial charge in [-0.25, -0.2) is 47.9 Å². The van der Waals surface area contributed by atoms with Crippen molar-refractivity contribution < 1.29 is 191 Å². The van der Waals surface area contributed by atoms with E-state index in [-0.39, 0.29) is 192 Å². The van der Waals surface area contributed by atoms with Crippen molar-refractivity contribution in [3.8, 4) is 0 Å². The second-order valence-corrected chi connectivity index (χ2v) is 42.4. The first-order chi connectivity index (χ1) is 65.6. The van der Waals surface area contributed by atoms with Gasteiger partial charge in [0.25, 0.3) is 0 Å². The molecule has 22 atom stereocenters. The lowest BCUT2D eigenvalue weighted by Crippen LogP contribution is -2.58. The topological polar surface area (TPSA) is 526 Å². The molecule has 0 aromatic heterocycles. The lowest BCUT2D eigenvalue weighted by atomic mass is 9.71. The van der Waals surface area contributed by atoms with E-state index in [1.54, 1.807) is 27.7 Å². The Hall–Kier alpha value is -12.2. The van der Waals surface area contributed by atoms with Crippen LogP contribution in [0.3, 0.4) is 0 Å². The zero-order valence-corrected chi connectivity index (χ0v) is 84.8. The van der Waals surface area contributed by atoms with Gasteiger partial charge >= 0.3 is 119 Å². The van der Waals surface area contributed by atoms with Crippen LogP contribution in [-0.4, -0.2) is 239 Å². The molecule has 15 aliphatic rings. The maximum absolute atomic E-state index is 12.5. The fourth-order valence-corrected chi connectivity index (χ4v) is 19.7. The number of carbonyl (C=O) groups excluding carboxylic acids is 20. The smallest absolute Gasteiger partial charge is 0.350 e. The molecule has 15 fully saturated rings. The van der Waals surface area contributed by atoms with Crippen molar-refractivity contribution in [1.82, 2.24) is 0 Å². The van der Waals surface area contributed by atoms with E-state index in [9.17, 15) is 95.9 Å². The van der Waals surface area contributed by atoms with E-state index in [0.29, 0.717) is 83.5 Å². The second-order valence-electron chi connectivity index (χ2n) is 42.4. The van der Waals surface area contributed by atoms with E-state index in [1.165, 1.54) is 96.9 Å². The highest BCUT2D eigenvalue weighted by Gasteiger charge is 2.72. The molecule has 40 nitrogen and oxygen atoms in total. The summed E-state index contributed by atoms with van der Waals surface area (Å²) in [5.74, 6) is -10.1. The molecule has 784 valence electrons. The molecule has 142 heavy (non-hydrogen) atoms. The van der Waals surface area contributed by atoms with Crippen LogP contribution in [0.1, 0.15) is 267 Å². The van der Waals surface area contributed by atoms with Gasteiger partial charge in [-0.05, 0) is 209 Å². The van der Waals surface area contributed by atoms with E-state index in [0.717, 1.165) is 19.3 Å². The van der Waals surface area contributed by atoms with Gasteiger partial charge in [0, 0.05) is 82.3 Å². The molecular weight excluding hydrogens is 1870 g/mol. The summed E-state index contributed by atoms with van der Waals surface area (Å²) in [6, 6.07) is 0. The number of fused-ring (bicyclic) bond motifs is 11. The first kappa shape index (κ1) is 113. The molecule has 0 radical (unpaired) electrons. The van der Waals surface area contributed by atoms with Crippen LogP contribution < -0.4 is 0 Å². The van der Waals surface area contributed by atoms with Gasteiger partial charge in [0.15, 0.2) is 0 Å². The minimum atomic E-state index is -1.45. The molecule has 12 bridgehead atoms. The molecule has 40 heteroatoms. The molecule has 7 saturated heterocycles. The summed E-state index contributed by atoms with van der Waals surface area (Å²) < 4.78 is 105. The van der Waals surface area contributed by atoms with E-state index in [1.807, 2.05) is 13.8 Å². The molecule has 0 aromatic carbocycles. The van der Waals surface area contributed by atoms with Gasteiger partial charge in [-0.2, -0.15) is 0 Å². The first-order valence-electron chi connectivity index (χ1n) is 47.7. The molecule has 7 aliphatic heterocycles. The number of carbonyl (C=O) groups is 20. The number of rotatable bonds is 32. The van der Waals surface area contributed by atoms with Crippen molar-refractivity contribution >= 4 is 119 Å². The highest BCUT2D eigenvalue weighted by Crippen LogP contribution is 2.64. The Morgan fingerprint density at radius 1 is 0.359 bits per heavy atom. The summed E-state index contributed by atoms with van der Waals surface area (Å²) in [5, 5.41) is 0. The number of hydrogen-bond acceptors (Lipinski definition) is 40. The molecule has 0 spiro atoms. The maximum atomic E-state index is 12.5. The minimum absolute atomic E-state index is 0.0658. The molecule has 7 heterocycles. The summed E-state index contributed by atoms with van der Waals surface area (Å²) in [5.41, 5.74) is -8.72. The third-order valence-electron chi connectivity index (χ3n) is 28.4. The Morgan fingerprint density at radius 2 is 0.782 bits per heavy atom. The van der Waals surface area contributed by atoms with Crippen LogP contribution >= 0.6 is 0 Å². The van der Waals surface area contributed by atoms with Crippen LogP contribution in [0.4, 0.5) is 0 Å². The van der Waals surface area contributed by atoms with Gasteiger partial charge in [-0.15, -0.1) is 0 Å². The monoisotopic (exact) mass is 2000 g/mol. The number of ether oxygens (including phenoxy) is 20. The molecule has 8 aliphatic carbocycles. The lowest BCUT2D eigenvalue weighted by molar-refractivity contribution is -0.224. The van der Waals surface area contributed by atoms with Crippen LogP contribution in [-0.2, 0) is 191 Å². The Labute approximate surface area is 824 Å². The fourth-order valence-electron chi connectivity index (χ4n) is 19.7. The highest BCUT2D eigenvalue weighted by atomic mass is 16.7. The Balaban J connectivity index is 0.000000191. The molecule has 0 amide bonds. The van der Waals surface area contributed by atoms with Gasteiger partial charge in [0.1, 0.15) is 97.2 Å². The van der Waals surface area contributed by atoms with Crippen LogP contribution in [0.2, 0.25) is 0 Å². The molecule has 15 rings (SSSR count). The predicted octanol–water partition coefficient (Wildman–Crippen LogP) is 10.3. The highest BCUT2D eigenvalue weighted by molar-refractivity contribution is 5.94. The van der Waals surface area contributed by atoms with E-state index in [4.69, 9.17) is 94.7 Å². The Kier molecular flexibility index (Phi) is 35.4. The molecule has 0 aromatic rings. The molecule has 22 unspecified atom stereocenters. The zero-order valence-electron chi connectivity index (χ0n) is 84.8. The van der Waals surface area contributed by atoms with Crippen molar-refractivity contribution in [1.29, 1.82) is 0 Å². The SMILES string of the molecule is C=C(C)C(=O)OC(C)(C)C(=O)OC1(C)CCC2CC1(C)OC2=O.C=C(C)C(=O)OC(C)(C)C(=O)OC1CC2CCC1(C)OC2=O.C=C(C)C(=O)OC(C)(C)C(=O)OC1CCC2CC1(C)OC2=O.C=C(C)C(=O)OC(C)(C)C(=O)OC1CCC2CC1OC2=O.C=C(C)C(=O)OCCOC(=O)CCC(=O)OC1C2CC3C(=O)OC1(C)C3C2.C=C(C)C(=O)OCCOC(=O)CCC(=O)OC1C2OC(=O)C3CC1(C)CC32. The largest absolute Gasteiger partial charge is 0.462 e. The van der Waals surface area contributed by atoms with E-state index in [2.05, 4.69) is 39.5 Å². The lowest BCUT2D eigenvalue weighted by Gasteiger charge is -2.48. The molecular formula is C102H136O40. The summed E-state index contributed by atoms with van der Waals surface area (Å²) in [6.45, 7) is 52.2. The fraction of sp³-hybridized carbons (Fsp3) is 0.686. The second kappa shape index (κ2) is 44.4. The van der Waals surface area contributed by atoms with Crippen molar-refractivity contribution in [3.05, 3.63) is 72.9 Å². The molecule has 0 N–H and O–H groups in total. The van der Waals surface area contributed by atoms with Gasteiger partial charge in [0.05, 0.1) is 61.2 Å². The van der Waals surface area contributed by atoms with Crippen molar-refractivity contribution in [3.63, 3.8) is 0 Å². The average molecular weight is 2000 g/mol. The van der Waals surface area contributed by atoms with Gasteiger partial charge < -0.3 is 94.7 Å². The van der Waals surface area contributed by atoms with Crippen molar-refractivity contribution in [2.24, 2.45) is 58.7 Å². The van der Waals surface area contributed by atoms with Crippen molar-refractivity contribution in [2.75, 3.05) is 26.4 Å². The van der Waals surface area contributed by atoms with Crippen molar-refractivity contribution in [2.45, 2.75) is 360 Å². The van der Waals surface area contributed by atoms with Gasteiger partial charge in [-0.3, -0.25) is 47.9 Å². The van der Waals surface area contributed by atoms with E-state index < -0.39 is 164 Å². The summed E-state index contributed by atoms with van der Waals surface area (Å²) >= 11 is 0. The third-order valence-corrected chi connectivity index (χ3v) is 28.4. The summed E-state index contributed by atoms with van der Waals surface area (Å²) in [4.78, 5) is 236. The zero-order chi connectivity index (χ0) is 106.